The first kappa shape index (κ1) is 9.96. The molecule has 3 nitrogen and oxygen atoms in total. The third-order valence-electron chi connectivity index (χ3n) is 2.32. The van der Waals surface area contributed by atoms with Crippen molar-refractivity contribution in [1.82, 2.24) is 0 Å². The van der Waals surface area contributed by atoms with Crippen LogP contribution in [-0.4, -0.2) is 25.3 Å². The lowest BCUT2D eigenvalue weighted by molar-refractivity contribution is 0.192. The monoisotopic (exact) mass is 256 g/mol. The van der Waals surface area contributed by atoms with Crippen molar-refractivity contribution in [3.63, 3.8) is 0 Å². The summed E-state index contributed by atoms with van der Waals surface area (Å²) in [7, 11) is 0. The van der Waals surface area contributed by atoms with Crippen molar-refractivity contribution < 1.29 is 4.74 Å². The molecule has 2 rings (SSSR count). The van der Waals surface area contributed by atoms with Gasteiger partial charge in [0, 0.05) is 10.2 Å². The molecule has 0 radical (unpaired) electrons. The van der Waals surface area contributed by atoms with Crippen molar-refractivity contribution >= 4 is 21.6 Å². The van der Waals surface area contributed by atoms with Gasteiger partial charge in [0.25, 0.3) is 0 Å². The van der Waals surface area contributed by atoms with E-state index in [0.717, 1.165) is 10.2 Å². The Bertz CT molecular complexity index is 301. The van der Waals surface area contributed by atoms with Crippen molar-refractivity contribution in [3.05, 3.63) is 28.7 Å². The van der Waals surface area contributed by atoms with E-state index < -0.39 is 0 Å². The molecule has 0 saturated carbocycles. The van der Waals surface area contributed by atoms with Gasteiger partial charge in [0.2, 0.25) is 0 Å². The van der Waals surface area contributed by atoms with Crippen LogP contribution < -0.4 is 11.1 Å². The number of nitrogens with one attached hydrogen (secondary N) is 1. The van der Waals surface area contributed by atoms with Crippen molar-refractivity contribution in [2.45, 2.75) is 12.1 Å². The minimum Gasteiger partial charge on any atom is -0.378 e. The Hall–Kier alpha value is -0.580. The number of rotatable bonds is 2. The lowest BCUT2D eigenvalue weighted by Gasteiger charge is -2.16. The molecule has 0 amide bonds. The number of benzene rings is 1. The van der Waals surface area contributed by atoms with E-state index in [-0.39, 0.29) is 12.1 Å². The molecular weight excluding hydrogens is 244 g/mol. The van der Waals surface area contributed by atoms with Gasteiger partial charge < -0.3 is 15.8 Å². The van der Waals surface area contributed by atoms with Crippen molar-refractivity contribution in [2.75, 3.05) is 18.5 Å². The van der Waals surface area contributed by atoms with E-state index in [1.807, 2.05) is 24.3 Å². The number of ether oxygens (including phenoxy) is 1. The van der Waals surface area contributed by atoms with Crippen molar-refractivity contribution in [1.29, 1.82) is 0 Å². The topological polar surface area (TPSA) is 47.3 Å². The van der Waals surface area contributed by atoms with Gasteiger partial charge in [-0.15, -0.1) is 0 Å². The lowest BCUT2D eigenvalue weighted by Crippen LogP contribution is -2.38. The number of anilines is 1. The summed E-state index contributed by atoms with van der Waals surface area (Å²) in [6.45, 7) is 1.34. The Morgan fingerprint density at radius 1 is 1.29 bits per heavy atom. The second-order valence-electron chi connectivity index (χ2n) is 3.46. The molecule has 0 unspecified atom stereocenters. The fourth-order valence-electron chi connectivity index (χ4n) is 1.48. The SMILES string of the molecule is N[C@H]1COC[C@@H]1Nc1ccc(Br)cc1. The number of halogens is 1. The highest BCUT2D eigenvalue weighted by Gasteiger charge is 2.24. The standard InChI is InChI=1S/C10H13BrN2O/c11-7-1-3-8(4-2-7)13-10-6-14-5-9(10)12/h1-4,9-10,13H,5-6,12H2/t9-,10-/m0/s1. The summed E-state index contributed by atoms with van der Waals surface area (Å²) < 4.78 is 6.35. The Morgan fingerprint density at radius 2 is 2.00 bits per heavy atom. The van der Waals surface area contributed by atoms with Crippen LogP contribution in [0, 0.1) is 0 Å². The maximum atomic E-state index is 5.86. The van der Waals surface area contributed by atoms with Crippen LogP contribution in [0.5, 0.6) is 0 Å². The number of hydrogen-bond acceptors (Lipinski definition) is 3. The molecule has 0 bridgehead atoms. The highest BCUT2D eigenvalue weighted by atomic mass is 79.9. The van der Waals surface area contributed by atoms with Crippen LogP contribution in [0.2, 0.25) is 0 Å². The average Bonchev–Trinajstić information content (AvgIpc) is 2.56. The molecule has 2 atom stereocenters. The van der Waals surface area contributed by atoms with Crippen LogP contribution in [0.15, 0.2) is 28.7 Å². The Balaban J connectivity index is 2.00. The molecule has 76 valence electrons. The predicted molar refractivity (Wildman–Crippen MR) is 60.3 cm³/mol. The van der Waals surface area contributed by atoms with Crippen LogP contribution in [0.1, 0.15) is 0 Å². The quantitative estimate of drug-likeness (QED) is 0.845. The maximum Gasteiger partial charge on any atom is 0.0684 e. The molecule has 0 spiro atoms. The summed E-state index contributed by atoms with van der Waals surface area (Å²) in [5.74, 6) is 0. The molecule has 1 aliphatic rings. The molecule has 1 fully saturated rings. The summed E-state index contributed by atoms with van der Waals surface area (Å²) in [6.07, 6.45) is 0. The summed E-state index contributed by atoms with van der Waals surface area (Å²) in [5, 5.41) is 3.35. The van der Waals surface area contributed by atoms with Gasteiger partial charge in [-0.25, -0.2) is 0 Å². The van der Waals surface area contributed by atoms with E-state index in [4.69, 9.17) is 10.5 Å². The molecule has 1 aromatic carbocycles. The fourth-order valence-corrected chi connectivity index (χ4v) is 1.74. The fraction of sp³-hybridized carbons (Fsp3) is 0.400. The minimum atomic E-state index is 0.0960. The average molecular weight is 257 g/mol. The minimum absolute atomic E-state index is 0.0960. The van der Waals surface area contributed by atoms with E-state index in [2.05, 4.69) is 21.2 Å². The van der Waals surface area contributed by atoms with Crippen LogP contribution in [0.25, 0.3) is 0 Å². The van der Waals surface area contributed by atoms with Gasteiger partial charge in [-0.2, -0.15) is 0 Å². The molecule has 4 heteroatoms. The number of nitrogens with two attached hydrogens (primary N) is 1. The van der Waals surface area contributed by atoms with Gasteiger partial charge in [0.15, 0.2) is 0 Å². The van der Waals surface area contributed by atoms with Gasteiger partial charge in [0.05, 0.1) is 25.3 Å². The lowest BCUT2D eigenvalue weighted by atomic mass is 10.2. The molecular formula is C10H13BrN2O. The molecule has 1 aromatic rings. The molecule has 1 heterocycles. The van der Waals surface area contributed by atoms with Crippen LogP contribution in [0.4, 0.5) is 5.69 Å². The van der Waals surface area contributed by atoms with Gasteiger partial charge in [-0.1, -0.05) is 15.9 Å². The van der Waals surface area contributed by atoms with Gasteiger partial charge in [-0.3, -0.25) is 0 Å². The Morgan fingerprint density at radius 3 is 2.57 bits per heavy atom. The second-order valence-corrected chi connectivity index (χ2v) is 4.37. The summed E-state index contributed by atoms with van der Waals surface area (Å²) in [5.41, 5.74) is 6.94. The zero-order valence-corrected chi connectivity index (χ0v) is 9.33. The Labute approximate surface area is 91.8 Å². The molecule has 0 aromatic heterocycles. The zero-order valence-electron chi connectivity index (χ0n) is 7.74. The third-order valence-corrected chi connectivity index (χ3v) is 2.85. The molecule has 1 saturated heterocycles. The predicted octanol–water partition coefficient (Wildman–Crippen LogP) is 1.59. The summed E-state index contributed by atoms with van der Waals surface area (Å²) in [4.78, 5) is 0. The third kappa shape index (κ3) is 2.26. The second kappa shape index (κ2) is 4.29. The summed E-state index contributed by atoms with van der Waals surface area (Å²) in [6, 6.07) is 8.38. The van der Waals surface area contributed by atoms with Crippen molar-refractivity contribution in [3.8, 4) is 0 Å². The van der Waals surface area contributed by atoms with E-state index in [1.54, 1.807) is 0 Å². The molecule has 0 aliphatic carbocycles. The molecule has 14 heavy (non-hydrogen) atoms. The first-order valence-electron chi connectivity index (χ1n) is 4.61. The molecule has 1 aliphatic heterocycles. The highest BCUT2D eigenvalue weighted by molar-refractivity contribution is 9.10. The first-order valence-corrected chi connectivity index (χ1v) is 5.40. The van der Waals surface area contributed by atoms with E-state index in [0.29, 0.717) is 13.2 Å². The van der Waals surface area contributed by atoms with Gasteiger partial charge in [0.1, 0.15) is 0 Å². The zero-order chi connectivity index (χ0) is 9.97. The van der Waals surface area contributed by atoms with E-state index >= 15 is 0 Å². The van der Waals surface area contributed by atoms with Gasteiger partial charge in [-0.05, 0) is 24.3 Å². The van der Waals surface area contributed by atoms with Crippen LogP contribution >= 0.6 is 15.9 Å². The normalized spacial score (nSPS) is 26.4. The number of hydrogen-bond donors (Lipinski definition) is 2. The Kier molecular flexibility index (Phi) is 3.05. The smallest absolute Gasteiger partial charge is 0.0684 e. The van der Waals surface area contributed by atoms with E-state index in [1.165, 1.54) is 0 Å². The molecule has 3 N–H and O–H groups in total. The highest BCUT2D eigenvalue weighted by Crippen LogP contribution is 2.16. The summed E-state index contributed by atoms with van der Waals surface area (Å²) >= 11 is 3.39. The van der Waals surface area contributed by atoms with Gasteiger partial charge >= 0.3 is 0 Å². The maximum absolute atomic E-state index is 5.86. The van der Waals surface area contributed by atoms with Crippen LogP contribution in [-0.2, 0) is 4.74 Å². The first-order chi connectivity index (χ1) is 6.75. The van der Waals surface area contributed by atoms with Crippen LogP contribution in [0.3, 0.4) is 0 Å². The van der Waals surface area contributed by atoms with Crippen molar-refractivity contribution in [2.24, 2.45) is 5.73 Å². The van der Waals surface area contributed by atoms with E-state index in [9.17, 15) is 0 Å². The largest absolute Gasteiger partial charge is 0.378 e.